The predicted molar refractivity (Wildman–Crippen MR) is 161 cm³/mol. The van der Waals surface area contributed by atoms with E-state index >= 15 is 0 Å². The highest BCUT2D eigenvalue weighted by molar-refractivity contribution is 5.78. The van der Waals surface area contributed by atoms with Crippen molar-refractivity contribution in [2.75, 3.05) is 23.7 Å². The number of anilines is 2. The van der Waals surface area contributed by atoms with Gasteiger partial charge >= 0.3 is 0 Å². The van der Waals surface area contributed by atoms with Gasteiger partial charge in [-0.2, -0.15) is 0 Å². The highest BCUT2D eigenvalue weighted by Gasteiger charge is 2.09. The number of nitrogens with zero attached hydrogens (tertiary/aromatic N) is 1. The van der Waals surface area contributed by atoms with Crippen molar-refractivity contribution in [3.05, 3.63) is 116 Å². The van der Waals surface area contributed by atoms with Gasteiger partial charge in [-0.3, -0.25) is 0 Å². The van der Waals surface area contributed by atoms with E-state index in [0.29, 0.717) is 6.54 Å². The Morgan fingerprint density at radius 2 is 1.53 bits per heavy atom. The van der Waals surface area contributed by atoms with E-state index in [0.717, 1.165) is 51.6 Å². The van der Waals surface area contributed by atoms with Crippen molar-refractivity contribution < 1.29 is 0 Å². The van der Waals surface area contributed by atoms with Crippen LogP contribution in [0.1, 0.15) is 43.2 Å². The molecule has 36 heavy (non-hydrogen) atoms. The van der Waals surface area contributed by atoms with Gasteiger partial charge in [0.1, 0.15) is 0 Å². The minimum absolute atomic E-state index is 0.605. The van der Waals surface area contributed by atoms with E-state index in [4.69, 9.17) is 10.7 Å². The van der Waals surface area contributed by atoms with Crippen LogP contribution >= 0.6 is 0 Å². The standard InChI is InChI=1S/C28H28N4.C2H6.C2H4/c1-4-7-26-25(5-2)28(30-6-3)20-27(32-26)23-14-10-21(11-15-23)8-9-22-12-16-24(17-13-22)31-19-18-29;2*1-2/h4-7,10-17,20,31H,2-3,18-19,29H2,1H3,(H,30,32);1-2H3;1-2H2/b7-4-;;. The molecule has 4 heteroatoms. The van der Waals surface area contributed by atoms with Crippen LogP contribution in [0.5, 0.6) is 0 Å². The van der Waals surface area contributed by atoms with Crippen LogP contribution in [0.15, 0.2) is 93.2 Å². The number of aromatic nitrogens is 1. The van der Waals surface area contributed by atoms with Crippen molar-refractivity contribution in [2.24, 2.45) is 5.73 Å². The molecule has 0 amide bonds. The Kier molecular flexibility index (Phi) is 14.2. The molecule has 3 rings (SSSR count). The molecule has 0 aliphatic rings. The van der Waals surface area contributed by atoms with Crippen molar-refractivity contribution in [3.63, 3.8) is 0 Å². The molecule has 0 saturated heterocycles. The molecule has 0 spiro atoms. The summed E-state index contributed by atoms with van der Waals surface area (Å²) in [6.07, 6.45) is 7.41. The Bertz CT molecular complexity index is 1180. The van der Waals surface area contributed by atoms with Gasteiger partial charge in [0.15, 0.2) is 0 Å². The molecule has 1 aromatic heterocycles. The van der Waals surface area contributed by atoms with Gasteiger partial charge in [0, 0.05) is 46.7 Å². The number of rotatable bonds is 8. The first kappa shape index (κ1) is 29.7. The summed E-state index contributed by atoms with van der Waals surface area (Å²) in [5, 5.41) is 6.44. The number of nitrogens with two attached hydrogens (primary N) is 1. The van der Waals surface area contributed by atoms with Crippen molar-refractivity contribution >= 4 is 23.5 Å². The first-order valence-electron chi connectivity index (χ1n) is 12.0. The Labute approximate surface area is 217 Å². The van der Waals surface area contributed by atoms with Crippen LogP contribution in [0, 0.1) is 11.8 Å². The Balaban J connectivity index is 0.00000154. The molecule has 1 heterocycles. The minimum atomic E-state index is 0.605. The van der Waals surface area contributed by atoms with E-state index < -0.39 is 0 Å². The van der Waals surface area contributed by atoms with Crippen LogP contribution < -0.4 is 16.4 Å². The second-order valence-corrected chi connectivity index (χ2v) is 7.03. The third-order valence-corrected chi connectivity index (χ3v) is 4.76. The second kappa shape index (κ2) is 17.2. The van der Waals surface area contributed by atoms with Crippen LogP contribution in [-0.4, -0.2) is 18.1 Å². The maximum atomic E-state index is 5.52. The summed E-state index contributed by atoms with van der Waals surface area (Å²) in [5.74, 6) is 6.43. The number of pyridine rings is 1. The molecular formula is C32H38N4. The molecule has 0 saturated carbocycles. The quantitative estimate of drug-likeness (QED) is 0.231. The molecule has 0 atom stereocenters. The van der Waals surface area contributed by atoms with Gasteiger partial charge in [-0.25, -0.2) is 4.98 Å². The smallest absolute Gasteiger partial charge is 0.0730 e. The highest BCUT2D eigenvalue weighted by Crippen LogP contribution is 2.28. The lowest BCUT2D eigenvalue weighted by atomic mass is 10.0. The molecular weight excluding hydrogens is 440 g/mol. The lowest BCUT2D eigenvalue weighted by Gasteiger charge is -2.12. The first-order chi connectivity index (χ1) is 17.7. The average Bonchev–Trinajstić information content (AvgIpc) is 2.94. The molecule has 0 radical (unpaired) electrons. The van der Waals surface area contributed by atoms with Crippen molar-refractivity contribution in [1.82, 2.24) is 4.98 Å². The molecule has 3 aromatic rings. The third-order valence-electron chi connectivity index (χ3n) is 4.76. The summed E-state index contributed by atoms with van der Waals surface area (Å²) in [6.45, 7) is 21.0. The Morgan fingerprint density at radius 1 is 0.944 bits per heavy atom. The SMILES string of the molecule is C=C.C=CNc1cc(-c2ccc(C#Cc3ccc(NCCN)cc3)cc2)nc(/C=C\C)c1C=C.CC. The molecule has 0 aliphatic carbocycles. The lowest BCUT2D eigenvalue weighted by Crippen LogP contribution is -2.12. The maximum Gasteiger partial charge on any atom is 0.0730 e. The van der Waals surface area contributed by atoms with Crippen LogP contribution in [-0.2, 0) is 0 Å². The zero-order valence-electron chi connectivity index (χ0n) is 21.8. The van der Waals surface area contributed by atoms with Gasteiger partial charge in [-0.15, -0.1) is 13.2 Å². The molecule has 4 nitrogen and oxygen atoms in total. The second-order valence-electron chi connectivity index (χ2n) is 7.03. The number of nitrogens with one attached hydrogen (secondary N) is 2. The number of allylic oxidation sites excluding steroid dienone is 1. The van der Waals surface area contributed by atoms with Crippen LogP contribution in [0.25, 0.3) is 23.4 Å². The predicted octanol–water partition coefficient (Wildman–Crippen LogP) is 7.58. The van der Waals surface area contributed by atoms with Gasteiger partial charge in [-0.1, -0.05) is 63.1 Å². The molecule has 0 unspecified atom stereocenters. The molecule has 4 N–H and O–H groups in total. The first-order valence-corrected chi connectivity index (χ1v) is 12.0. The minimum Gasteiger partial charge on any atom is -0.384 e. The lowest BCUT2D eigenvalue weighted by molar-refractivity contribution is 1.02. The van der Waals surface area contributed by atoms with Crippen LogP contribution in [0.4, 0.5) is 11.4 Å². The van der Waals surface area contributed by atoms with Gasteiger partial charge in [-0.05, 0) is 61.7 Å². The summed E-state index contributed by atoms with van der Waals surface area (Å²) >= 11 is 0. The van der Waals surface area contributed by atoms with Crippen LogP contribution in [0.3, 0.4) is 0 Å². The summed E-state index contributed by atoms with van der Waals surface area (Å²) < 4.78 is 0. The summed E-state index contributed by atoms with van der Waals surface area (Å²) in [6, 6.07) is 18.1. The zero-order valence-corrected chi connectivity index (χ0v) is 21.8. The van der Waals surface area contributed by atoms with Crippen molar-refractivity contribution in [2.45, 2.75) is 20.8 Å². The van der Waals surface area contributed by atoms with E-state index in [1.165, 1.54) is 0 Å². The Hall–Kier alpha value is -4.33. The normalized spacial score (nSPS) is 9.44. The van der Waals surface area contributed by atoms with E-state index in [1.807, 2.05) is 87.5 Å². The fourth-order valence-electron chi connectivity index (χ4n) is 3.21. The van der Waals surface area contributed by atoms with Gasteiger partial charge in [0.25, 0.3) is 0 Å². The van der Waals surface area contributed by atoms with Gasteiger partial charge < -0.3 is 16.4 Å². The number of benzene rings is 2. The molecule has 0 bridgehead atoms. The van der Waals surface area contributed by atoms with Gasteiger partial charge in [0.2, 0.25) is 0 Å². The van der Waals surface area contributed by atoms with Gasteiger partial charge in [0.05, 0.1) is 11.4 Å². The van der Waals surface area contributed by atoms with Crippen molar-refractivity contribution in [1.29, 1.82) is 0 Å². The molecule has 186 valence electrons. The molecule has 2 aromatic carbocycles. The van der Waals surface area contributed by atoms with E-state index in [9.17, 15) is 0 Å². The highest BCUT2D eigenvalue weighted by atomic mass is 14.9. The number of hydrogen-bond acceptors (Lipinski definition) is 4. The monoisotopic (exact) mass is 478 g/mol. The van der Waals surface area contributed by atoms with Crippen molar-refractivity contribution in [3.8, 4) is 23.1 Å². The molecule has 0 aliphatic heterocycles. The molecule has 0 fully saturated rings. The fraction of sp³-hybridized carbons (Fsp3) is 0.156. The van der Waals surface area contributed by atoms with E-state index in [1.54, 1.807) is 12.3 Å². The number of hydrogen-bond donors (Lipinski definition) is 3. The summed E-state index contributed by atoms with van der Waals surface area (Å²) in [5.41, 5.74) is 13.1. The Morgan fingerprint density at radius 3 is 2.03 bits per heavy atom. The third kappa shape index (κ3) is 8.79. The van der Waals surface area contributed by atoms with E-state index in [2.05, 4.69) is 48.8 Å². The summed E-state index contributed by atoms with van der Waals surface area (Å²) in [4.78, 5) is 4.82. The topological polar surface area (TPSA) is 63.0 Å². The van der Waals surface area contributed by atoms with E-state index in [-0.39, 0.29) is 0 Å². The largest absolute Gasteiger partial charge is 0.384 e. The van der Waals surface area contributed by atoms with Crippen LogP contribution in [0.2, 0.25) is 0 Å². The fourth-order valence-corrected chi connectivity index (χ4v) is 3.21. The summed E-state index contributed by atoms with van der Waals surface area (Å²) in [7, 11) is 0. The zero-order chi connectivity index (χ0) is 26.8. The maximum absolute atomic E-state index is 5.52. The average molecular weight is 479 g/mol.